The van der Waals surface area contributed by atoms with E-state index in [1.54, 1.807) is 19.1 Å². The van der Waals surface area contributed by atoms with Gasteiger partial charge in [-0.3, -0.25) is 0 Å². The highest BCUT2D eigenvalue weighted by molar-refractivity contribution is 7.92. The van der Waals surface area contributed by atoms with Crippen LogP contribution in [0.25, 0.3) is 0 Å². The van der Waals surface area contributed by atoms with E-state index in [1.807, 2.05) is 12.1 Å². The quantitative estimate of drug-likeness (QED) is 0.862. The molecular formula is C12H17ClN2O2S. The lowest BCUT2D eigenvalue weighted by molar-refractivity contribution is 0.587. The van der Waals surface area contributed by atoms with E-state index in [0.717, 1.165) is 5.56 Å². The van der Waals surface area contributed by atoms with Crippen LogP contribution in [0.5, 0.6) is 0 Å². The predicted molar refractivity (Wildman–Crippen MR) is 73.4 cm³/mol. The van der Waals surface area contributed by atoms with Crippen molar-refractivity contribution in [2.45, 2.75) is 23.6 Å². The number of hydrogen-bond acceptors (Lipinski definition) is 4. The third-order valence-electron chi connectivity index (χ3n) is 3.67. The third-order valence-corrected chi connectivity index (χ3v) is 6.22. The van der Waals surface area contributed by atoms with Crippen LogP contribution >= 0.6 is 11.6 Å². The highest BCUT2D eigenvalue weighted by Crippen LogP contribution is 2.53. The van der Waals surface area contributed by atoms with Crippen LogP contribution in [0, 0.1) is 0 Å². The van der Waals surface area contributed by atoms with Crippen LogP contribution in [0.15, 0.2) is 24.3 Å². The van der Waals surface area contributed by atoms with E-state index in [2.05, 4.69) is 0 Å². The van der Waals surface area contributed by atoms with E-state index in [4.69, 9.17) is 23.1 Å². The van der Waals surface area contributed by atoms with Crippen LogP contribution in [0.1, 0.15) is 18.4 Å². The molecule has 0 amide bonds. The number of benzene rings is 1. The minimum Gasteiger partial charge on any atom is -0.329 e. The molecule has 0 radical (unpaired) electrons. The minimum absolute atomic E-state index is 0.0840. The Morgan fingerprint density at radius 1 is 1.33 bits per heavy atom. The molecule has 1 fully saturated rings. The molecule has 2 rings (SSSR count). The van der Waals surface area contributed by atoms with E-state index >= 15 is 0 Å². The van der Waals surface area contributed by atoms with Crippen LogP contribution in [0.3, 0.4) is 0 Å². The SMILES string of the molecule is CCS(=O)(=O)[C@@H]1[C@@H](c2ccc(Cl)cc2)[C@@]1(N)CN. The first-order chi connectivity index (χ1) is 8.36. The van der Waals surface area contributed by atoms with Crippen molar-refractivity contribution in [3.63, 3.8) is 0 Å². The zero-order chi connectivity index (χ0) is 13.6. The molecule has 4 N–H and O–H groups in total. The van der Waals surface area contributed by atoms with Crippen molar-refractivity contribution >= 4 is 21.4 Å². The van der Waals surface area contributed by atoms with Gasteiger partial charge in [-0.2, -0.15) is 0 Å². The maximum Gasteiger partial charge on any atom is 0.155 e. The Bertz CT molecular complexity index is 544. The van der Waals surface area contributed by atoms with Crippen molar-refractivity contribution in [3.05, 3.63) is 34.9 Å². The lowest BCUT2D eigenvalue weighted by Gasteiger charge is -2.07. The van der Waals surface area contributed by atoms with Crippen LogP contribution in [-0.2, 0) is 9.84 Å². The smallest absolute Gasteiger partial charge is 0.155 e. The average molecular weight is 289 g/mol. The number of nitrogens with two attached hydrogens (primary N) is 2. The largest absolute Gasteiger partial charge is 0.329 e. The molecule has 1 aromatic carbocycles. The molecule has 0 heterocycles. The molecule has 1 aliphatic rings. The minimum atomic E-state index is -3.19. The van der Waals surface area contributed by atoms with Crippen LogP contribution in [0.2, 0.25) is 5.02 Å². The number of sulfone groups is 1. The van der Waals surface area contributed by atoms with Gasteiger partial charge in [0, 0.05) is 23.2 Å². The van der Waals surface area contributed by atoms with E-state index in [9.17, 15) is 8.42 Å². The van der Waals surface area contributed by atoms with E-state index < -0.39 is 20.6 Å². The summed E-state index contributed by atoms with van der Waals surface area (Å²) in [5.74, 6) is -0.148. The second-order valence-corrected chi connectivity index (χ2v) is 7.57. The Labute approximate surface area is 112 Å². The monoisotopic (exact) mass is 288 g/mol. The van der Waals surface area contributed by atoms with Gasteiger partial charge in [0.2, 0.25) is 0 Å². The van der Waals surface area contributed by atoms with Crippen molar-refractivity contribution in [2.75, 3.05) is 12.3 Å². The maximum atomic E-state index is 12.0. The van der Waals surface area contributed by atoms with E-state index in [-0.39, 0.29) is 18.2 Å². The Morgan fingerprint density at radius 3 is 2.33 bits per heavy atom. The summed E-state index contributed by atoms with van der Waals surface area (Å²) in [7, 11) is -3.19. The fraction of sp³-hybridized carbons (Fsp3) is 0.500. The molecule has 0 unspecified atom stereocenters. The van der Waals surface area contributed by atoms with Gasteiger partial charge in [-0.05, 0) is 17.7 Å². The number of hydrogen-bond donors (Lipinski definition) is 2. The molecule has 0 bridgehead atoms. The first-order valence-electron chi connectivity index (χ1n) is 5.83. The first-order valence-corrected chi connectivity index (χ1v) is 7.92. The zero-order valence-corrected chi connectivity index (χ0v) is 11.7. The van der Waals surface area contributed by atoms with Crippen molar-refractivity contribution in [1.29, 1.82) is 0 Å². The number of halogens is 1. The van der Waals surface area contributed by atoms with Gasteiger partial charge in [0.25, 0.3) is 0 Å². The molecule has 3 atom stereocenters. The van der Waals surface area contributed by atoms with Gasteiger partial charge in [0.05, 0.1) is 10.8 Å². The van der Waals surface area contributed by atoms with Gasteiger partial charge >= 0.3 is 0 Å². The highest BCUT2D eigenvalue weighted by Gasteiger charge is 2.67. The van der Waals surface area contributed by atoms with Gasteiger partial charge in [-0.15, -0.1) is 0 Å². The van der Waals surface area contributed by atoms with Crippen molar-refractivity contribution in [3.8, 4) is 0 Å². The Morgan fingerprint density at radius 2 is 1.89 bits per heavy atom. The van der Waals surface area contributed by atoms with Crippen LogP contribution < -0.4 is 11.5 Å². The fourth-order valence-corrected chi connectivity index (χ4v) is 4.69. The Balaban J connectivity index is 2.37. The summed E-state index contributed by atoms with van der Waals surface area (Å²) < 4.78 is 24.1. The molecule has 4 nitrogen and oxygen atoms in total. The molecule has 1 aromatic rings. The van der Waals surface area contributed by atoms with Crippen molar-refractivity contribution < 1.29 is 8.42 Å². The molecule has 1 saturated carbocycles. The second kappa shape index (κ2) is 4.49. The fourth-order valence-electron chi connectivity index (χ4n) is 2.54. The topological polar surface area (TPSA) is 86.2 Å². The van der Waals surface area contributed by atoms with Crippen molar-refractivity contribution in [1.82, 2.24) is 0 Å². The molecule has 100 valence electrons. The molecular weight excluding hydrogens is 272 g/mol. The lowest BCUT2D eigenvalue weighted by atomic mass is 10.1. The van der Waals surface area contributed by atoms with Gasteiger partial charge < -0.3 is 11.5 Å². The van der Waals surface area contributed by atoms with Crippen LogP contribution in [0.4, 0.5) is 0 Å². The summed E-state index contributed by atoms with van der Waals surface area (Å²) in [5, 5.41) is 0.0332. The summed E-state index contributed by atoms with van der Waals surface area (Å²) in [4.78, 5) is 0. The van der Waals surface area contributed by atoms with E-state index in [1.165, 1.54) is 0 Å². The molecule has 6 heteroatoms. The van der Waals surface area contributed by atoms with Gasteiger partial charge in [0.15, 0.2) is 9.84 Å². The number of rotatable bonds is 4. The lowest BCUT2D eigenvalue weighted by Crippen LogP contribution is -2.39. The molecule has 0 spiro atoms. The predicted octanol–water partition coefficient (Wildman–Crippen LogP) is 0.897. The van der Waals surface area contributed by atoms with Gasteiger partial charge in [-0.1, -0.05) is 30.7 Å². The normalized spacial score (nSPS) is 31.3. The second-order valence-electron chi connectivity index (χ2n) is 4.72. The molecule has 18 heavy (non-hydrogen) atoms. The summed E-state index contributed by atoms with van der Waals surface area (Å²) in [5.41, 5.74) is 11.8. The zero-order valence-electron chi connectivity index (χ0n) is 10.1. The van der Waals surface area contributed by atoms with Gasteiger partial charge in [-0.25, -0.2) is 8.42 Å². The summed E-state index contributed by atoms with van der Waals surface area (Å²) in [6.07, 6.45) is 0. The Hall–Kier alpha value is -0.620. The summed E-state index contributed by atoms with van der Waals surface area (Å²) in [6.45, 7) is 1.79. The highest BCUT2D eigenvalue weighted by atomic mass is 35.5. The molecule has 1 aliphatic carbocycles. The molecule has 0 aromatic heterocycles. The summed E-state index contributed by atoms with van der Waals surface area (Å²) in [6, 6.07) is 7.11. The van der Waals surface area contributed by atoms with Crippen LogP contribution in [-0.4, -0.2) is 31.5 Å². The Kier molecular flexibility index (Phi) is 3.44. The maximum absolute atomic E-state index is 12.0. The van der Waals surface area contributed by atoms with E-state index in [0.29, 0.717) is 5.02 Å². The van der Waals surface area contributed by atoms with Gasteiger partial charge in [0.1, 0.15) is 0 Å². The standard InChI is InChI=1S/C12H17ClN2O2S/c1-2-18(16,17)11-10(12(11,15)7-14)8-3-5-9(13)6-4-8/h3-6,10-11H,2,7,14-15H2,1H3/t10-,11-,12+/m1/s1. The first kappa shape index (κ1) is 13.8. The average Bonchev–Trinajstić information content (AvgIpc) is 2.98. The van der Waals surface area contributed by atoms with Crippen molar-refractivity contribution in [2.24, 2.45) is 11.5 Å². The third kappa shape index (κ3) is 2.05. The molecule has 0 saturated heterocycles. The summed E-state index contributed by atoms with van der Waals surface area (Å²) >= 11 is 5.82. The molecule has 0 aliphatic heterocycles.